The van der Waals surface area contributed by atoms with Crippen molar-refractivity contribution >= 4 is 17.3 Å². The van der Waals surface area contributed by atoms with Crippen LogP contribution in [0.5, 0.6) is 0 Å². The molecule has 112 valence electrons. The lowest BCUT2D eigenvalue weighted by molar-refractivity contribution is 0.783. The van der Waals surface area contributed by atoms with E-state index in [1.165, 1.54) is 12.0 Å². The molecule has 1 saturated heterocycles. The zero-order valence-corrected chi connectivity index (χ0v) is 12.5. The number of rotatable bonds is 3. The van der Waals surface area contributed by atoms with Crippen LogP contribution in [0, 0.1) is 6.92 Å². The van der Waals surface area contributed by atoms with Gasteiger partial charge in [-0.15, -0.1) is 0 Å². The molecule has 4 rings (SSSR count). The lowest BCUT2D eigenvalue weighted by Gasteiger charge is -2.19. The van der Waals surface area contributed by atoms with Gasteiger partial charge in [0.05, 0.1) is 0 Å². The fraction of sp³-hybridized carbons (Fsp3) is 0.312. The average Bonchev–Trinajstić information content (AvgIpc) is 3.17. The number of hydrogen-bond acceptors (Lipinski definition) is 5. The average molecular weight is 294 g/mol. The summed E-state index contributed by atoms with van der Waals surface area (Å²) in [5.41, 5.74) is 2.23. The number of aromatic nitrogens is 4. The third-order valence-electron chi connectivity index (χ3n) is 4.04. The standard InChI is InChI=1S/C16H18N6/c1-12-9-15(22-16(19-12)17-11-18-22)20-13-7-8-21(10-13)14-5-3-2-4-6-14/h2-6,9,11,13,20H,7-8,10H2,1H3/t13-/m1/s1. The van der Waals surface area contributed by atoms with E-state index in [0.717, 1.165) is 31.0 Å². The topological polar surface area (TPSA) is 58.4 Å². The highest BCUT2D eigenvalue weighted by atomic mass is 15.4. The summed E-state index contributed by atoms with van der Waals surface area (Å²) in [5.74, 6) is 1.60. The van der Waals surface area contributed by atoms with Crippen molar-refractivity contribution in [1.82, 2.24) is 19.6 Å². The monoisotopic (exact) mass is 294 g/mol. The van der Waals surface area contributed by atoms with Gasteiger partial charge in [-0.05, 0) is 25.5 Å². The SMILES string of the molecule is Cc1cc(N[C@@H]2CCN(c3ccccc3)C2)n2ncnc2n1. The molecular weight excluding hydrogens is 276 g/mol. The molecule has 1 fully saturated rings. The number of fused-ring (bicyclic) bond motifs is 1. The summed E-state index contributed by atoms with van der Waals surface area (Å²) in [6.45, 7) is 4.03. The van der Waals surface area contributed by atoms with Gasteiger partial charge in [0.1, 0.15) is 12.1 Å². The van der Waals surface area contributed by atoms with Crippen LogP contribution >= 0.6 is 0 Å². The second-order valence-corrected chi connectivity index (χ2v) is 5.67. The fourth-order valence-corrected chi connectivity index (χ4v) is 2.99. The van der Waals surface area contributed by atoms with Crippen LogP contribution in [-0.4, -0.2) is 38.7 Å². The second kappa shape index (κ2) is 5.29. The van der Waals surface area contributed by atoms with E-state index < -0.39 is 0 Å². The Balaban J connectivity index is 1.53. The summed E-state index contributed by atoms with van der Waals surface area (Å²) in [5, 5.41) is 7.84. The Morgan fingerprint density at radius 1 is 1.23 bits per heavy atom. The van der Waals surface area contributed by atoms with Crippen molar-refractivity contribution < 1.29 is 0 Å². The molecular formula is C16H18N6. The van der Waals surface area contributed by atoms with E-state index in [0.29, 0.717) is 11.8 Å². The van der Waals surface area contributed by atoms with Crippen LogP contribution in [0.2, 0.25) is 0 Å². The Labute approximate surface area is 128 Å². The molecule has 0 unspecified atom stereocenters. The Hall–Kier alpha value is -2.63. The first-order valence-corrected chi connectivity index (χ1v) is 7.53. The molecule has 3 heterocycles. The van der Waals surface area contributed by atoms with Gasteiger partial charge in [0.25, 0.3) is 5.78 Å². The van der Waals surface area contributed by atoms with Crippen molar-refractivity contribution in [1.29, 1.82) is 0 Å². The third kappa shape index (κ3) is 2.36. The molecule has 1 aliphatic rings. The highest BCUT2D eigenvalue weighted by molar-refractivity contribution is 5.50. The largest absolute Gasteiger partial charge is 0.369 e. The highest BCUT2D eigenvalue weighted by Crippen LogP contribution is 2.22. The van der Waals surface area contributed by atoms with Crippen LogP contribution in [0.3, 0.4) is 0 Å². The van der Waals surface area contributed by atoms with Crippen molar-refractivity contribution in [2.45, 2.75) is 19.4 Å². The van der Waals surface area contributed by atoms with Crippen LogP contribution in [0.15, 0.2) is 42.7 Å². The maximum Gasteiger partial charge on any atom is 0.254 e. The van der Waals surface area contributed by atoms with Gasteiger partial charge in [0.2, 0.25) is 0 Å². The summed E-state index contributed by atoms with van der Waals surface area (Å²) < 4.78 is 1.76. The van der Waals surface area contributed by atoms with E-state index in [-0.39, 0.29) is 0 Å². The molecule has 0 spiro atoms. The number of nitrogens with one attached hydrogen (secondary N) is 1. The van der Waals surface area contributed by atoms with E-state index in [9.17, 15) is 0 Å². The van der Waals surface area contributed by atoms with E-state index in [1.807, 2.05) is 13.0 Å². The summed E-state index contributed by atoms with van der Waals surface area (Å²) in [6, 6.07) is 13.0. The van der Waals surface area contributed by atoms with Crippen LogP contribution in [-0.2, 0) is 0 Å². The fourth-order valence-electron chi connectivity index (χ4n) is 2.99. The van der Waals surface area contributed by atoms with Crippen molar-refractivity contribution in [3.63, 3.8) is 0 Å². The molecule has 22 heavy (non-hydrogen) atoms. The molecule has 1 aromatic carbocycles. The van der Waals surface area contributed by atoms with Gasteiger partial charge in [0, 0.05) is 36.6 Å². The Morgan fingerprint density at radius 2 is 2.09 bits per heavy atom. The number of para-hydroxylation sites is 1. The van der Waals surface area contributed by atoms with Crippen molar-refractivity contribution in [2.24, 2.45) is 0 Å². The molecule has 6 heteroatoms. The first-order chi connectivity index (χ1) is 10.8. The summed E-state index contributed by atoms with van der Waals surface area (Å²) in [7, 11) is 0. The maximum atomic E-state index is 4.37. The van der Waals surface area contributed by atoms with E-state index in [4.69, 9.17) is 0 Å². The van der Waals surface area contributed by atoms with Crippen LogP contribution in [0.25, 0.3) is 5.78 Å². The zero-order chi connectivity index (χ0) is 14.9. The Morgan fingerprint density at radius 3 is 2.95 bits per heavy atom. The molecule has 0 aliphatic carbocycles. The second-order valence-electron chi connectivity index (χ2n) is 5.67. The maximum absolute atomic E-state index is 4.37. The molecule has 1 aliphatic heterocycles. The minimum Gasteiger partial charge on any atom is -0.369 e. The van der Waals surface area contributed by atoms with Gasteiger partial charge >= 0.3 is 0 Å². The summed E-state index contributed by atoms with van der Waals surface area (Å²) in [4.78, 5) is 10.9. The number of anilines is 2. The number of nitrogens with zero attached hydrogens (tertiary/aromatic N) is 5. The van der Waals surface area contributed by atoms with Gasteiger partial charge in [-0.1, -0.05) is 18.2 Å². The molecule has 3 aromatic rings. The molecule has 0 radical (unpaired) electrons. The van der Waals surface area contributed by atoms with Crippen LogP contribution < -0.4 is 10.2 Å². The van der Waals surface area contributed by atoms with Crippen molar-refractivity contribution in [3.8, 4) is 0 Å². The smallest absolute Gasteiger partial charge is 0.254 e. The quantitative estimate of drug-likeness (QED) is 0.802. The van der Waals surface area contributed by atoms with E-state index in [2.05, 4.69) is 55.6 Å². The Kier molecular flexibility index (Phi) is 3.14. The van der Waals surface area contributed by atoms with Crippen molar-refractivity contribution in [2.75, 3.05) is 23.3 Å². The Bertz CT molecular complexity index is 782. The molecule has 1 N–H and O–H groups in total. The number of benzene rings is 1. The van der Waals surface area contributed by atoms with E-state index >= 15 is 0 Å². The van der Waals surface area contributed by atoms with Gasteiger partial charge < -0.3 is 10.2 Å². The predicted molar refractivity (Wildman–Crippen MR) is 86.2 cm³/mol. The van der Waals surface area contributed by atoms with Crippen molar-refractivity contribution in [3.05, 3.63) is 48.4 Å². The third-order valence-corrected chi connectivity index (χ3v) is 4.04. The summed E-state index contributed by atoms with van der Waals surface area (Å²) >= 11 is 0. The molecule has 6 nitrogen and oxygen atoms in total. The first-order valence-electron chi connectivity index (χ1n) is 7.53. The lowest BCUT2D eigenvalue weighted by Crippen LogP contribution is -2.27. The molecule has 1 atom stereocenters. The minimum absolute atomic E-state index is 0.398. The molecule has 0 bridgehead atoms. The van der Waals surface area contributed by atoms with Gasteiger partial charge in [-0.3, -0.25) is 0 Å². The zero-order valence-electron chi connectivity index (χ0n) is 12.5. The van der Waals surface area contributed by atoms with Crippen LogP contribution in [0.4, 0.5) is 11.5 Å². The van der Waals surface area contributed by atoms with E-state index in [1.54, 1.807) is 4.52 Å². The molecule has 0 amide bonds. The normalized spacial score (nSPS) is 18.0. The van der Waals surface area contributed by atoms with Gasteiger partial charge in [-0.25, -0.2) is 4.98 Å². The van der Waals surface area contributed by atoms with Crippen LogP contribution in [0.1, 0.15) is 12.1 Å². The lowest BCUT2D eigenvalue weighted by atomic mass is 10.2. The minimum atomic E-state index is 0.398. The van der Waals surface area contributed by atoms with Gasteiger partial charge in [-0.2, -0.15) is 14.6 Å². The number of hydrogen-bond donors (Lipinski definition) is 1. The summed E-state index contributed by atoms with van der Waals surface area (Å²) in [6.07, 6.45) is 2.64. The molecule has 2 aromatic heterocycles. The van der Waals surface area contributed by atoms with Gasteiger partial charge in [0.15, 0.2) is 0 Å². The highest BCUT2D eigenvalue weighted by Gasteiger charge is 2.23. The first kappa shape index (κ1) is 13.1. The number of aryl methyl sites for hydroxylation is 1. The molecule has 0 saturated carbocycles. The predicted octanol–water partition coefficient (Wildman–Crippen LogP) is 2.12.